The molecule has 6 nitrogen and oxygen atoms in total. The molecule has 1 aliphatic carbocycles. The number of nitrogens with one attached hydrogen (secondary N) is 2. The van der Waals surface area contributed by atoms with Crippen molar-refractivity contribution in [3.63, 3.8) is 0 Å². The van der Waals surface area contributed by atoms with Gasteiger partial charge in [-0.05, 0) is 43.4 Å². The fraction of sp³-hybridized carbons (Fsp3) is 0.591. The molecule has 1 heterocycles. The van der Waals surface area contributed by atoms with Crippen molar-refractivity contribution in [2.24, 2.45) is 11.8 Å². The number of rotatable bonds is 6. The molecule has 2 unspecified atom stereocenters. The largest absolute Gasteiger partial charge is 0.350 e. The summed E-state index contributed by atoms with van der Waals surface area (Å²) in [5.74, 6) is 0.356. The van der Waals surface area contributed by atoms with Crippen molar-refractivity contribution < 1.29 is 14.4 Å². The first-order valence-corrected chi connectivity index (χ1v) is 10.4. The van der Waals surface area contributed by atoms with Crippen LogP contribution in [-0.2, 0) is 9.59 Å². The van der Waals surface area contributed by atoms with E-state index in [0.29, 0.717) is 30.1 Å². The number of nitrogens with zero attached hydrogens (tertiary/aromatic N) is 1. The van der Waals surface area contributed by atoms with E-state index in [4.69, 9.17) is 0 Å². The molecule has 2 aliphatic rings. The predicted molar refractivity (Wildman–Crippen MR) is 109 cm³/mol. The first-order chi connectivity index (χ1) is 13.4. The standard InChI is InChI=1S/C22H31N3O3/c1-4-19(26)24-18-9-5-7-16(13-18)20(27)23-14-22-11-6-8-17(22)10-12-25(22)21(28)15(2)3/h5,7,9,13,15,17H,4,6,8,10-12,14H2,1-3H3,(H,23,27)(H,24,26). The van der Waals surface area contributed by atoms with Crippen LogP contribution in [0.4, 0.5) is 5.69 Å². The average Bonchev–Trinajstić information content (AvgIpc) is 3.24. The van der Waals surface area contributed by atoms with E-state index in [-0.39, 0.29) is 29.2 Å². The van der Waals surface area contributed by atoms with Crippen LogP contribution < -0.4 is 10.6 Å². The van der Waals surface area contributed by atoms with Gasteiger partial charge in [-0.15, -0.1) is 0 Å². The number of anilines is 1. The molecule has 1 aromatic rings. The van der Waals surface area contributed by atoms with Crippen LogP contribution in [0, 0.1) is 11.8 Å². The zero-order chi connectivity index (χ0) is 20.3. The van der Waals surface area contributed by atoms with Crippen molar-refractivity contribution in [2.75, 3.05) is 18.4 Å². The Balaban J connectivity index is 1.71. The Hall–Kier alpha value is -2.37. The van der Waals surface area contributed by atoms with Gasteiger partial charge in [-0.2, -0.15) is 0 Å². The van der Waals surface area contributed by atoms with Gasteiger partial charge in [0.25, 0.3) is 5.91 Å². The lowest BCUT2D eigenvalue weighted by Crippen LogP contribution is -2.56. The van der Waals surface area contributed by atoms with Crippen LogP contribution in [-0.4, -0.2) is 41.2 Å². The van der Waals surface area contributed by atoms with E-state index in [0.717, 1.165) is 32.2 Å². The predicted octanol–water partition coefficient (Wildman–Crippen LogP) is 3.19. The molecule has 2 atom stereocenters. The monoisotopic (exact) mass is 385 g/mol. The molecule has 2 N–H and O–H groups in total. The number of hydrogen-bond acceptors (Lipinski definition) is 3. The van der Waals surface area contributed by atoms with Crippen LogP contribution in [0.1, 0.15) is 63.2 Å². The summed E-state index contributed by atoms with van der Waals surface area (Å²) in [6, 6.07) is 6.97. The summed E-state index contributed by atoms with van der Waals surface area (Å²) in [4.78, 5) is 39.2. The van der Waals surface area contributed by atoms with Gasteiger partial charge in [-0.1, -0.05) is 33.3 Å². The van der Waals surface area contributed by atoms with Crippen LogP contribution >= 0.6 is 0 Å². The number of fused-ring (bicyclic) bond motifs is 1. The van der Waals surface area contributed by atoms with Crippen LogP contribution in [0.15, 0.2) is 24.3 Å². The molecule has 152 valence electrons. The fourth-order valence-electron chi connectivity index (χ4n) is 4.70. The second kappa shape index (κ2) is 8.33. The van der Waals surface area contributed by atoms with E-state index >= 15 is 0 Å². The van der Waals surface area contributed by atoms with Crippen LogP contribution in [0.25, 0.3) is 0 Å². The summed E-state index contributed by atoms with van der Waals surface area (Å²) >= 11 is 0. The third-order valence-corrected chi connectivity index (χ3v) is 6.21. The third kappa shape index (κ3) is 3.91. The molecule has 0 spiro atoms. The van der Waals surface area contributed by atoms with Crippen molar-refractivity contribution in [3.05, 3.63) is 29.8 Å². The van der Waals surface area contributed by atoms with Crippen molar-refractivity contribution in [2.45, 2.75) is 58.4 Å². The van der Waals surface area contributed by atoms with E-state index in [2.05, 4.69) is 10.6 Å². The maximum absolute atomic E-state index is 12.8. The highest BCUT2D eigenvalue weighted by Crippen LogP contribution is 2.47. The van der Waals surface area contributed by atoms with Crippen molar-refractivity contribution in [1.29, 1.82) is 0 Å². The quantitative estimate of drug-likeness (QED) is 0.789. The average molecular weight is 386 g/mol. The number of amides is 3. The molecule has 1 saturated heterocycles. The molecule has 0 aromatic heterocycles. The minimum Gasteiger partial charge on any atom is -0.350 e. The number of carbonyl (C=O) groups excluding carboxylic acids is 3. The van der Waals surface area contributed by atoms with Gasteiger partial charge in [0.2, 0.25) is 11.8 Å². The first kappa shape index (κ1) is 20.4. The molecule has 1 aromatic carbocycles. The van der Waals surface area contributed by atoms with Gasteiger partial charge in [-0.25, -0.2) is 0 Å². The summed E-state index contributed by atoms with van der Waals surface area (Å²) in [6.45, 7) is 6.94. The molecule has 1 aliphatic heterocycles. The minimum absolute atomic E-state index is 0.0363. The van der Waals surface area contributed by atoms with E-state index in [1.54, 1.807) is 31.2 Å². The van der Waals surface area contributed by atoms with Gasteiger partial charge in [0.05, 0.1) is 5.54 Å². The van der Waals surface area contributed by atoms with E-state index in [1.165, 1.54) is 0 Å². The Morgan fingerprint density at radius 1 is 1.25 bits per heavy atom. The molecule has 0 radical (unpaired) electrons. The summed E-state index contributed by atoms with van der Waals surface area (Å²) in [5, 5.41) is 5.86. The van der Waals surface area contributed by atoms with Crippen LogP contribution in [0.3, 0.4) is 0 Å². The maximum atomic E-state index is 12.8. The Bertz CT molecular complexity index is 761. The van der Waals surface area contributed by atoms with Gasteiger partial charge in [0.1, 0.15) is 0 Å². The summed E-state index contributed by atoms with van der Waals surface area (Å²) in [5.41, 5.74) is 0.888. The van der Waals surface area contributed by atoms with E-state index in [1.807, 2.05) is 18.7 Å². The van der Waals surface area contributed by atoms with Gasteiger partial charge in [-0.3, -0.25) is 14.4 Å². The Morgan fingerprint density at radius 2 is 2.04 bits per heavy atom. The van der Waals surface area contributed by atoms with E-state index < -0.39 is 0 Å². The lowest BCUT2D eigenvalue weighted by molar-refractivity contribution is -0.139. The summed E-state index contributed by atoms with van der Waals surface area (Å²) in [6.07, 6.45) is 4.58. The van der Waals surface area contributed by atoms with Crippen molar-refractivity contribution in [1.82, 2.24) is 10.2 Å². The molecule has 28 heavy (non-hydrogen) atoms. The molecular weight excluding hydrogens is 354 g/mol. The van der Waals surface area contributed by atoms with Crippen molar-refractivity contribution >= 4 is 23.4 Å². The van der Waals surface area contributed by atoms with Gasteiger partial charge in [0, 0.05) is 36.7 Å². The Kier molecular flexibility index (Phi) is 6.06. The van der Waals surface area contributed by atoms with E-state index in [9.17, 15) is 14.4 Å². The highest BCUT2D eigenvalue weighted by molar-refractivity contribution is 5.97. The normalized spacial score (nSPS) is 23.6. The SMILES string of the molecule is CCC(=O)Nc1cccc(C(=O)NCC23CCCC2CCN3C(=O)C(C)C)c1. The topological polar surface area (TPSA) is 78.5 Å². The zero-order valence-corrected chi connectivity index (χ0v) is 17.1. The zero-order valence-electron chi connectivity index (χ0n) is 17.1. The van der Waals surface area contributed by atoms with Crippen LogP contribution in [0.2, 0.25) is 0 Å². The summed E-state index contributed by atoms with van der Waals surface area (Å²) < 4.78 is 0. The Labute approximate surface area is 167 Å². The third-order valence-electron chi connectivity index (χ3n) is 6.21. The van der Waals surface area contributed by atoms with Gasteiger partial charge >= 0.3 is 0 Å². The van der Waals surface area contributed by atoms with Gasteiger partial charge in [0.15, 0.2) is 0 Å². The first-order valence-electron chi connectivity index (χ1n) is 10.4. The molecule has 3 rings (SSSR count). The highest BCUT2D eigenvalue weighted by Gasteiger charge is 2.53. The number of carbonyl (C=O) groups is 3. The smallest absolute Gasteiger partial charge is 0.251 e. The van der Waals surface area contributed by atoms with Crippen molar-refractivity contribution in [3.8, 4) is 0 Å². The fourth-order valence-corrected chi connectivity index (χ4v) is 4.70. The second-order valence-corrected chi connectivity index (χ2v) is 8.29. The molecule has 3 amide bonds. The molecule has 6 heteroatoms. The molecule has 1 saturated carbocycles. The lowest BCUT2D eigenvalue weighted by atomic mass is 9.87. The number of benzene rings is 1. The maximum Gasteiger partial charge on any atom is 0.251 e. The lowest BCUT2D eigenvalue weighted by Gasteiger charge is -2.40. The van der Waals surface area contributed by atoms with Crippen LogP contribution in [0.5, 0.6) is 0 Å². The summed E-state index contributed by atoms with van der Waals surface area (Å²) in [7, 11) is 0. The minimum atomic E-state index is -0.245. The number of likely N-dealkylation sites (tertiary alicyclic amines) is 1. The Morgan fingerprint density at radius 3 is 2.75 bits per heavy atom. The number of hydrogen-bond donors (Lipinski definition) is 2. The van der Waals surface area contributed by atoms with Gasteiger partial charge < -0.3 is 15.5 Å². The molecular formula is C22H31N3O3. The second-order valence-electron chi connectivity index (χ2n) is 8.29. The molecule has 0 bridgehead atoms. The molecule has 2 fully saturated rings. The highest BCUT2D eigenvalue weighted by atomic mass is 16.2.